The number of benzene rings is 1. The SMILES string of the molecule is CCn1nncc1C(=O)N1CCN(c2ccccc2)CC1. The Bertz CT molecular complexity index is 602. The second kappa shape index (κ2) is 5.95. The Morgan fingerprint density at radius 1 is 1.14 bits per heavy atom. The van der Waals surface area contributed by atoms with Gasteiger partial charge in [0, 0.05) is 38.4 Å². The summed E-state index contributed by atoms with van der Waals surface area (Å²) in [6.45, 7) is 5.77. The van der Waals surface area contributed by atoms with Crippen molar-refractivity contribution in [3.8, 4) is 0 Å². The summed E-state index contributed by atoms with van der Waals surface area (Å²) in [7, 11) is 0. The lowest BCUT2D eigenvalue weighted by Crippen LogP contribution is -2.49. The maximum absolute atomic E-state index is 12.5. The molecular formula is C15H19N5O. The van der Waals surface area contributed by atoms with E-state index in [0.717, 1.165) is 26.2 Å². The van der Waals surface area contributed by atoms with Crippen LogP contribution in [0.25, 0.3) is 0 Å². The summed E-state index contributed by atoms with van der Waals surface area (Å²) >= 11 is 0. The van der Waals surface area contributed by atoms with Gasteiger partial charge in [0.2, 0.25) is 0 Å². The number of carbonyl (C=O) groups is 1. The van der Waals surface area contributed by atoms with Crippen molar-refractivity contribution in [2.75, 3.05) is 31.1 Å². The fourth-order valence-electron chi connectivity index (χ4n) is 2.63. The van der Waals surface area contributed by atoms with Gasteiger partial charge in [-0.1, -0.05) is 23.4 Å². The normalized spacial score (nSPS) is 15.3. The summed E-state index contributed by atoms with van der Waals surface area (Å²) in [4.78, 5) is 16.7. The van der Waals surface area contributed by atoms with E-state index < -0.39 is 0 Å². The second-order valence-electron chi connectivity index (χ2n) is 5.05. The molecule has 1 aromatic carbocycles. The van der Waals surface area contributed by atoms with Crippen LogP contribution in [0.1, 0.15) is 17.4 Å². The number of piperazine rings is 1. The molecule has 1 amide bonds. The van der Waals surface area contributed by atoms with E-state index >= 15 is 0 Å². The van der Waals surface area contributed by atoms with Gasteiger partial charge in [-0.3, -0.25) is 4.79 Å². The summed E-state index contributed by atoms with van der Waals surface area (Å²) in [6, 6.07) is 10.3. The molecule has 0 unspecified atom stereocenters. The van der Waals surface area contributed by atoms with Crippen LogP contribution >= 0.6 is 0 Å². The highest BCUT2D eigenvalue weighted by Crippen LogP contribution is 2.16. The first-order valence-electron chi connectivity index (χ1n) is 7.27. The highest BCUT2D eigenvalue weighted by Gasteiger charge is 2.24. The number of nitrogens with zero attached hydrogens (tertiary/aromatic N) is 5. The molecule has 3 rings (SSSR count). The molecule has 1 aromatic heterocycles. The molecule has 0 radical (unpaired) electrons. The van der Waals surface area contributed by atoms with Gasteiger partial charge in [0.1, 0.15) is 5.69 Å². The summed E-state index contributed by atoms with van der Waals surface area (Å²) in [5.74, 6) is 0.0227. The van der Waals surface area contributed by atoms with Crippen molar-refractivity contribution in [3.05, 3.63) is 42.2 Å². The monoisotopic (exact) mass is 285 g/mol. The number of anilines is 1. The molecule has 0 bridgehead atoms. The van der Waals surface area contributed by atoms with Crippen LogP contribution in [0.2, 0.25) is 0 Å². The molecule has 0 saturated carbocycles. The average Bonchev–Trinajstić information content (AvgIpc) is 3.04. The van der Waals surface area contributed by atoms with Crippen LogP contribution in [0.3, 0.4) is 0 Å². The van der Waals surface area contributed by atoms with Crippen LogP contribution in [-0.2, 0) is 6.54 Å². The number of aryl methyl sites for hydroxylation is 1. The van der Waals surface area contributed by atoms with Crippen LogP contribution < -0.4 is 4.90 Å². The molecule has 1 aliphatic rings. The quantitative estimate of drug-likeness (QED) is 0.852. The van der Waals surface area contributed by atoms with Crippen molar-refractivity contribution >= 4 is 11.6 Å². The lowest BCUT2D eigenvalue weighted by Gasteiger charge is -2.36. The molecule has 6 heteroatoms. The Labute approximate surface area is 124 Å². The number of rotatable bonds is 3. The summed E-state index contributed by atoms with van der Waals surface area (Å²) < 4.78 is 1.64. The third-order valence-electron chi connectivity index (χ3n) is 3.82. The summed E-state index contributed by atoms with van der Waals surface area (Å²) in [5.41, 5.74) is 1.79. The van der Waals surface area contributed by atoms with Crippen molar-refractivity contribution in [2.45, 2.75) is 13.5 Å². The van der Waals surface area contributed by atoms with Crippen LogP contribution in [0.15, 0.2) is 36.5 Å². The van der Waals surface area contributed by atoms with Crippen molar-refractivity contribution in [3.63, 3.8) is 0 Å². The van der Waals surface area contributed by atoms with Crippen LogP contribution in [0, 0.1) is 0 Å². The third kappa shape index (κ3) is 2.74. The van der Waals surface area contributed by atoms with Gasteiger partial charge in [0.25, 0.3) is 5.91 Å². The predicted molar refractivity (Wildman–Crippen MR) is 80.3 cm³/mol. The molecule has 2 aromatic rings. The molecule has 1 aliphatic heterocycles. The van der Waals surface area contributed by atoms with Gasteiger partial charge in [-0.25, -0.2) is 4.68 Å². The zero-order valence-corrected chi connectivity index (χ0v) is 12.1. The molecule has 0 atom stereocenters. The van der Waals surface area contributed by atoms with E-state index in [2.05, 4.69) is 27.3 Å². The minimum atomic E-state index is 0.0227. The van der Waals surface area contributed by atoms with E-state index in [1.165, 1.54) is 5.69 Å². The maximum Gasteiger partial charge on any atom is 0.273 e. The summed E-state index contributed by atoms with van der Waals surface area (Å²) in [5, 5.41) is 7.75. The van der Waals surface area contributed by atoms with Crippen LogP contribution in [0.5, 0.6) is 0 Å². The molecule has 21 heavy (non-hydrogen) atoms. The smallest absolute Gasteiger partial charge is 0.273 e. The van der Waals surface area contributed by atoms with E-state index in [1.807, 2.05) is 30.0 Å². The van der Waals surface area contributed by atoms with Crippen molar-refractivity contribution in [2.24, 2.45) is 0 Å². The molecule has 0 N–H and O–H groups in total. The molecular weight excluding hydrogens is 266 g/mol. The number of aromatic nitrogens is 3. The first-order chi connectivity index (χ1) is 10.3. The standard InChI is InChI=1S/C15H19N5O/c1-2-20-14(12-16-17-20)15(21)19-10-8-18(9-11-19)13-6-4-3-5-7-13/h3-7,12H,2,8-11H2,1H3. The van der Waals surface area contributed by atoms with Gasteiger partial charge < -0.3 is 9.80 Å². The van der Waals surface area contributed by atoms with Gasteiger partial charge in [-0.15, -0.1) is 5.10 Å². The van der Waals surface area contributed by atoms with E-state index in [0.29, 0.717) is 12.2 Å². The maximum atomic E-state index is 12.5. The highest BCUT2D eigenvalue weighted by atomic mass is 16.2. The van der Waals surface area contributed by atoms with Gasteiger partial charge in [-0.2, -0.15) is 0 Å². The summed E-state index contributed by atoms with van der Waals surface area (Å²) in [6.07, 6.45) is 1.55. The number of hydrogen-bond acceptors (Lipinski definition) is 4. The zero-order valence-electron chi connectivity index (χ0n) is 12.1. The minimum absolute atomic E-state index is 0.0227. The molecule has 110 valence electrons. The lowest BCUT2D eigenvalue weighted by molar-refractivity contribution is 0.0734. The molecule has 0 spiro atoms. The van der Waals surface area contributed by atoms with E-state index in [-0.39, 0.29) is 5.91 Å². The molecule has 1 saturated heterocycles. The Morgan fingerprint density at radius 2 is 1.86 bits per heavy atom. The zero-order chi connectivity index (χ0) is 14.7. The van der Waals surface area contributed by atoms with Gasteiger partial charge >= 0.3 is 0 Å². The number of amides is 1. The molecule has 1 fully saturated rings. The lowest BCUT2D eigenvalue weighted by atomic mass is 10.2. The average molecular weight is 285 g/mol. The first kappa shape index (κ1) is 13.6. The van der Waals surface area contributed by atoms with Gasteiger partial charge in [0.05, 0.1) is 6.20 Å². The Kier molecular flexibility index (Phi) is 3.85. The molecule has 0 aliphatic carbocycles. The van der Waals surface area contributed by atoms with E-state index in [9.17, 15) is 4.79 Å². The molecule has 2 heterocycles. The van der Waals surface area contributed by atoms with Gasteiger partial charge in [0.15, 0.2) is 0 Å². The third-order valence-corrected chi connectivity index (χ3v) is 3.82. The minimum Gasteiger partial charge on any atom is -0.368 e. The Hall–Kier alpha value is -2.37. The van der Waals surface area contributed by atoms with Crippen LogP contribution in [-0.4, -0.2) is 52.0 Å². The number of hydrogen-bond donors (Lipinski definition) is 0. The number of carbonyl (C=O) groups excluding carboxylic acids is 1. The van der Waals surface area contributed by atoms with Crippen molar-refractivity contribution in [1.82, 2.24) is 19.9 Å². The fraction of sp³-hybridized carbons (Fsp3) is 0.400. The van der Waals surface area contributed by atoms with Crippen molar-refractivity contribution < 1.29 is 4.79 Å². The van der Waals surface area contributed by atoms with E-state index in [4.69, 9.17) is 0 Å². The van der Waals surface area contributed by atoms with Crippen molar-refractivity contribution in [1.29, 1.82) is 0 Å². The van der Waals surface area contributed by atoms with Gasteiger partial charge in [-0.05, 0) is 19.1 Å². The second-order valence-corrected chi connectivity index (χ2v) is 5.05. The Morgan fingerprint density at radius 3 is 2.52 bits per heavy atom. The van der Waals surface area contributed by atoms with E-state index in [1.54, 1.807) is 10.9 Å². The first-order valence-corrected chi connectivity index (χ1v) is 7.27. The highest BCUT2D eigenvalue weighted by molar-refractivity contribution is 5.92. The fourth-order valence-corrected chi connectivity index (χ4v) is 2.63. The Balaban J connectivity index is 1.65. The van der Waals surface area contributed by atoms with Crippen LogP contribution in [0.4, 0.5) is 5.69 Å². The predicted octanol–water partition coefficient (Wildman–Crippen LogP) is 1.26. The number of para-hydroxylation sites is 1. The molecule has 6 nitrogen and oxygen atoms in total. The largest absolute Gasteiger partial charge is 0.368 e. The topological polar surface area (TPSA) is 54.3 Å².